The molecule has 2 aromatic rings. The average Bonchev–Trinajstić information content (AvgIpc) is 2.81. The number of rotatable bonds is 8. The summed E-state index contributed by atoms with van der Waals surface area (Å²) in [5.74, 6) is 0.244. The van der Waals surface area contributed by atoms with Crippen molar-refractivity contribution >= 4 is 35.0 Å². The maximum absolute atomic E-state index is 13.7. The van der Waals surface area contributed by atoms with Crippen LogP contribution in [0, 0.1) is 5.92 Å². The van der Waals surface area contributed by atoms with E-state index in [1.54, 1.807) is 25.3 Å². The molecule has 2 aromatic carbocycles. The first-order valence-electron chi connectivity index (χ1n) is 11.0. The standard InChI is InChI=1S/C25H30Cl2N2O3/c1-17-8-3-6-13-22(17)28-25(31)24(20-11-4-5-12-21(20)27)29(23(30)15-26)16-18-9-7-10-19(14-18)32-2/h4-5,7,9-12,14,17,22,24H,3,6,8,13,15-16H2,1-2H3,(H,28,31)/t17-,22+,24-/m0/s1. The van der Waals surface area contributed by atoms with Gasteiger partial charge in [-0.15, -0.1) is 11.6 Å². The molecule has 1 fully saturated rings. The van der Waals surface area contributed by atoms with Crippen molar-refractivity contribution in [2.24, 2.45) is 5.92 Å². The third-order valence-corrected chi connectivity index (χ3v) is 6.69. The molecule has 3 atom stereocenters. The molecule has 1 N–H and O–H groups in total. The highest BCUT2D eigenvalue weighted by Crippen LogP contribution is 2.31. The number of nitrogens with zero attached hydrogens (tertiary/aromatic N) is 1. The lowest BCUT2D eigenvalue weighted by molar-refractivity contribution is -0.140. The fraction of sp³-hybridized carbons (Fsp3) is 0.440. The van der Waals surface area contributed by atoms with Crippen LogP contribution in [0.4, 0.5) is 0 Å². The van der Waals surface area contributed by atoms with Gasteiger partial charge in [0.15, 0.2) is 0 Å². The quantitative estimate of drug-likeness (QED) is 0.522. The van der Waals surface area contributed by atoms with Crippen molar-refractivity contribution in [3.05, 3.63) is 64.7 Å². The van der Waals surface area contributed by atoms with Gasteiger partial charge >= 0.3 is 0 Å². The van der Waals surface area contributed by atoms with E-state index >= 15 is 0 Å². The number of carbonyl (C=O) groups excluding carboxylic acids is 2. The molecular formula is C25H30Cl2N2O3. The van der Waals surface area contributed by atoms with Crippen molar-refractivity contribution < 1.29 is 14.3 Å². The summed E-state index contributed by atoms with van der Waals surface area (Å²) in [4.78, 5) is 28.2. The van der Waals surface area contributed by atoms with E-state index in [4.69, 9.17) is 27.9 Å². The molecule has 0 unspecified atom stereocenters. The lowest BCUT2D eigenvalue weighted by Crippen LogP contribution is -2.49. The van der Waals surface area contributed by atoms with Crippen LogP contribution in [0.25, 0.3) is 0 Å². The van der Waals surface area contributed by atoms with Crippen molar-refractivity contribution in [1.82, 2.24) is 10.2 Å². The lowest BCUT2D eigenvalue weighted by Gasteiger charge is -2.35. The number of ether oxygens (including phenoxy) is 1. The number of amides is 2. The lowest BCUT2D eigenvalue weighted by atomic mass is 9.85. The predicted octanol–water partition coefficient (Wildman–Crippen LogP) is 5.35. The summed E-state index contributed by atoms with van der Waals surface area (Å²) in [6.07, 6.45) is 4.27. The zero-order valence-electron chi connectivity index (χ0n) is 18.5. The van der Waals surface area contributed by atoms with E-state index in [0.717, 1.165) is 24.8 Å². The zero-order valence-corrected chi connectivity index (χ0v) is 20.0. The van der Waals surface area contributed by atoms with Crippen LogP contribution in [0.1, 0.15) is 49.8 Å². The van der Waals surface area contributed by atoms with Crippen LogP contribution in [0.15, 0.2) is 48.5 Å². The number of methoxy groups -OCH3 is 1. The highest BCUT2D eigenvalue weighted by atomic mass is 35.5. The maximum Gasteiger partial charge on any atom is 0.247 e. The Bertz CT molecular complexity index is 937. The van der Waals surface area contributed by atoms with Crippen LogP contribution in [0.3, 0.4) is 0 Å². The van der Waals surface area contributed by atoms with Crippen molar-refractivity contribution in [3.8, 4) is 5.75 Å². The van der Waals surface area contributed by atoms with Gasteiger partial charge in [-0.05, 0) is 42.5 Å². The second-order valence-electron chi connectivity index (χ2n) is 8.31. The number of hydrogen-bond acceptors (Lipinski definition) is 3. The summed E-state index contributed by atoms with van der Waals surface area (Å²) < 4.78 is 5.32. The van der Waals surface area contributed by atoms with Gasteiger partial charge in [0.05, 0.1) is 7.11 Å². The molecule has 0 saturated heterocycles. The summed E-state index contributed by atoms with van der Waals surface area (Å²) in [5, 5.41) is 3.64. The van der Waals surface area contributed by atoms with Gasteiger partial charge in [-0.25, -0.2) is 0 Å². The van der Waals surface area contributed by atoms with Crippen LogP contribution >= 0.6 is 23.2 Å². The van der Waals surface area contributed by atoms with Crippen molar-refractivity contribution in [3.63, 3.8) is 0 Å². The van der Waals surface area contributed by atoms with Gasteiger partial charge in [0, 0.05) is 23.2 Å². The number of nitrogens with one attached hydrogen (secondary N) is 1. The molecule has 0 bridgehead atoms. The molecule has 7 heteroatoms. The third kappa shape index (κ3) is 5.96. The second kappa shape index (κ2) is 11.6. The first-order chi connectivity index (χ1) is 15.4. The molecule has 0 heterocycles. The second-order valence-corrected chi connectivity index (χ2v) is 8.98. The number of alkyl halides is 1. The van der Waals surface area contributed by atoms with E-state index in [1.165, 1.54) is 11.3 Å². The summed E-state index contributed by atoms with van der Waals surface area (Å²) >= 11 is 12.5. The Labute approximate surface area is 200 Å². The predicted molar refractivity (Wildman–Crippen MR) is 128 cm³/mol. The SMILES string of the molecule is COc1cccc(CN(C(=O)CCl)[C@H](C(=O)N[C@@H]2CCCC[C@@H]2C)c2ccccc2Cl)c1. The Morgan fingerprint density at radius 3 is 2.59 bits per heavy atom. The highest BCUT2D eigenvalue weighted by Gasteiger charge is 2.35. The molecule has 0 aliphatic heterocycles. The molecular weight excluding hydrogens is 447 g/mol. The number of hydrogen-bond donors (Lipinski definition) is 1. The Morgan fingerprint density at radius 1 is 1.16 bits per heavy atom. The largest absolute Gasteiger partial charge is 0.497 e. The summed E-state index contributed by atoms with van der Waals surface area (Å²) in [6, 6.07) is 13.7. The fourth-order valence-electron chi connectivity index (χ4n) is 4.31. The van der Waals surface area contributed by atoms with Gasteiger partial charge in [-0.2, -0.15) is 0 Å². The maximum atomic E-state index is 13.7. The fourth-order valence-corrected chi connectivity index (χ4v) is 4.70. The zero-order chi connectivity index (χ0) is 23.1. The molecule has 0 spiro atoms. The first-order valence-corrected chi connectivity index (χ1v) is 11.9. The normalized spacial score (nSPS) is 19.1. The summed E-state index contributed by atoms with van der Waals surface area (Å²) in [7, 11) is 1.59. The van der Waals surface area contributed by atoms with Crippen LogP contribution in [-0.4, -0.2) is 35.7 Å². The van der Waals surface area contributed by atoms with Gasteiger partial charge in [-0.1, -0.05) is 61.7 Å². The Hall–Kier alpha value is -2.24. The number of carbonyl (C=O) groups is 2. The van der Waals surface area contributed by atoms with Crippen molar-refractivity contribution in [1.29, 1.82) is 0 Å². The van der Waals surface area contributed by atoms with Gasteiger partial charge in [-0.3, -0.25) is 9.59 Å². The molecule has 1 saturated carbocycles. The molecule has 0 radical (unpaired) electrons. The Morgan fingerprint density at radius 2 is 1.91 bits per heavy atom. The Balaban J connectivity index is 1.98. The van der Waals surface area contributed by atoms with Gasteiger partial charge in [0.2, 0.25) is 11.8 Å². The Kier molecular flexibility index (Phi) is 8.83. The molecule has 0 aromatic heterocycles. The van der Waals surface area contributed by atoms with E-state index in [9.17, 15) is 9.59 Å². The minimum atomic E-state index is -0.893. The van der Waals surface area contributed by atoms with Crippen LogP contribution < -0.4 is 10.1 Å². The van der Waals surface area contributed by atoms with E-state index in [1.807, 2.05) is 30.3 Å². The van der Waals surface area contributed by atoms with Gasteiger partial charge < -0.3 is 15.0 Å². The summed E-state index contributed by atoms with van der Waals surface area (Å²) in [6.45, 7) is 2.36. The monoisotopic (exact) mass is 476 g/mol. The van der Waals surface area contributed by atoms with Gasteiger partial charge in [0.1, 0.15) is 17.7 Å². The number of halogens is 2. The molecule has 2 amide bonds. The van der Waals surface area contributed by atoms with Crippen LogP contribution in [-0.2, 0) is 16.1 Å². The molecule has 1 aliphatic carbocycles. The van der Waals surface area contributed by atoms with E-state index in [-0.39, 0.29) is 30.3 Å². The van der Waals surface area contributed by atoms with Crippen molar-refractivity contribution in [2.75, 3.05) is 13.0 Å². The summed E-state index contributed by atoms with van der Waals surface area (Å²) in [5.41, 5.74) is 1.41. The smallest absolute Gasteiger partial charge is 0.247 e. The molecule has 5 nitrogen and oxygen atoms in total. The minimum absolute atomic E-state index is 0.0750. The molecule has 32 heavy (non-hydrogen) atoms. The topological polar surface area (TPSA) is 58.6 Å². The van der Waals surface area contributed by atoms with Crippen molar-refractivity contribution in [2.45, 2.75) is 51.2 Å². The van der Waals surface area contributed by atoms with E-state index in [0.29, 0.717) is 22.3 Å². The number of benzene rings is 2. The average molecular weight is 477 g/mol. The molecule has 172 valence electrons. The molecule has 3 rings (SSSR count). The van der Waals surface area contributed by atoms with Gasteiger partial charge in [0.25, 0.3) is 0 Å². The van der Waals surface area contributed by atoms with E-state index < -0.39 is 6.04 Å². The van der Waals surface area contributed by atoms with Crippen LogP contribution in [0.5, 0.6) is 5.75 Å². The highest BCUT2D eigenvalue weighted by molar-refractivity contribution is 6.31. The van der Waals surface area contributed by atoms with E-state index in [2.05, 4.69) is 12.2 Å². The minimum Gasteiger partial charge on any atom is -0.497 e. The first kappa shape index (κ1) is 24.4. The third-order valence-electron chi connectivity index (χ3n) is 6.12. The van der Waals surface area contributed by atoms with Crippen LogP contribution in [0.2, 0.25) is 5.02 Å². The molecule has 1 aliphatic rings.